The summed E-state index contributed by atoms with van der Waals surface area (Å²) in [4.78, 5) is 12.5. The Labute approximate surface area is 145 Å². The molecule has 0 radical (unpaired) electrons. The summed E-state index contributed by atoms with van der Waals surface area (Å²) in [5.74, 6) is 1.03. The number of benzene rings is 2. The minimum absolute atomic E-state index is 0.0374. The molecular formula is C19H20BrNO2. The van der Waals surface area contributed by atoms with Gasteiger partial charge in [0.2, 0.25) is 5.91 Å². The second-order valence-electron chi connectivity index (χ2n) is 5.99. The van der Waals surface area contributed by atoms with E-state index in [1.807, 2.05) is 19.1 Å². The van der Waals surface area contributed by atoms with Crippen molar-refractivity contribution in [3.63, 3.8) is 0 Å². The van der Waals surface area contributed by atoms with Crippen molar-refractivity contribution in [3.8, 4) is 5.75 Å². The van der Waals surface area contributed by atoms with E-state index in [0.717, 1.165) is 28.6 Å². The summed E-state index contributed by atoms with van der Waals surface area (Å²) >= 11 is 3.45. The predicted molar refractivity (Wildman–Crippen MR) is 96.2 cm³/mol. The van der Waals surface area contributed by atoms with Crippen molar-refractivity contribution in [1.82, 2.24) is 0 Å². The Hall–Kier alpha value is -1.81. The van der Waals surface area contributed by atoms with Gasteiger partial charge < -0.3 is 10.1 Å². The molecular weight excluding hydrogens is 354 g/mol. The Kier molecular flexibility index (Phi) is 4.71. The van der Waals surface area contributed by atoms with Crippen molar-refractivity contribution in [2.24, 2.45) is 0 Å². The van der Waals surface area contributed by atoms with Gasteiger partial charge in [0.15, 0.2) is 0 Å². The molecule has 3 nitrogen and oxygen atoms in total. The van der Waals surface area contributed by atoms with Gasteiger partial charge in [-0.25, -0.2) is 0 Å². The molecule has 3 rings (SSSR count). The Morgan fingerprint density at radius 1 is 1.35 bits per heavy atom. The van der Waals surface area contributed by atoms with Crippen LogP contribution >= 0.6 is 15.9 Å². The van der Waals surface area contributed by atoms with Gasteiger partial charge in [0.25, 0.3) is 0 Å². The Balaban J connectivity index is 1.74. The summed E-state index contributed by atoms with van der Waals surface area (Å²) in [6, 6.07) is 12.3. The summed E-state index contributed by atoms with van der Waals surface area (Å²) in [5.41, 5.74) is 4.44. The first kappa shape index (κ1) is 16.1. The highest BCUT2D eigenvalue weighted by Crippen LogP contribution is 2.36. The van der Waals surface area contributed by atoms with Gasteiger partial charge >= 0.3 is 0 Å². The Morgan fingerprint density at radius 3 is 2.91 bits per heavy atom. The van der Waals surface area contributed by atoms with Crippen LogP contribution in [0.4, 0.5) is 5.69 Å². The van der Waals surface area contributed by atoms with E-state index in [1.54, 1.807) is 7.11 Å². The molecule has 1 atom stereocenters. The van der Waals surface area contributed by atoms with Crippen molar-refractivity contribution in [1.29, 1.82) is 0 Å². The fourth-order valence-corrected chi connectivity index (χ4v) is 3.86. The van der Waals surface area contributed by atoms with E-state index in [2.05, 4.69) is 45.5 Å². The largest absolute Gasteiger partial charge is 0.495 e. The normalized spacial score (nSPS) is 16.0. The summed E-state index contributed by atoms with van der Waals surface area (Å²) in [7, 11) is 1.62. The molecule has 23 heavy (non-hydrogen) atoms. The van der Waals surface area contributed by atoms with Crippen LogP contribution in [0.25, 0.3) is 0 Å². The van der Waals surface area contributed by atoms with E-state index >= 15 is 0 Å². The summed E-state index contributed by atoms with van der Waals surface area (Å²) < 4.78 is 6.33. The lowest BCUT2D eigenvalue weighted by Crippen LogP contribution is -2.16. The molecule has 0 bridgehead atoms. The maximum absolute atomic E-state index is 12.5. The molecule has 0 aromatic heterocycles. The van der Waals surface area contributed by atoms with Crippen LogP contribution < -0.4 is 10.1 Å². The number of aryl methyl sites for hydroxylation is 2. The number of carbonyl (C=O) groups is 1. The molecule has 0 heterocycles. The number of methoxy groups -OCH3 is 1. The SMILES string of the molecule is COc1cc(Br)cc(C)c1NC(=O)CC1CCc2ccccc21. The van der Waals surface area contributed by atoms with Crippen LogP contribution in [0.3, 0.4) is 0 Å². The molecule has 120 valence electrons. The van der Waals surface area contributed by atoms with Gasteiger partial charge in [0, 0.05) is 10.9 Å². The molecule has 1 N–H and O–H groups in total. The average Bonchev–Trinajstić information content (AvgIpc) is 2.93. The summed E-state index contributed by atoms with van der Waals surface area (Å²) in [5, 5.41) is 3.03. The van der Waals surface area contributed by atoms with Crippen LogP contribution in [-0.2, 0) is 11.2 Å². The standard InChI is InChI=1S/C19H20BrNO2/c1-12-9-15(20)11-17(23-2)19(12)21-18(22)10-14-8-7-13-5-3-4-6-16(13)14/h3-6,9,11,14H,7-8,10H2,1-2H3,(H,21,22). The van der Waals surface area contributed by atoms with Crippen molar-refractivity contribution >= 4 is 27.5 Å². The maximum atomic E-state index is 12.5. The number of anilines is 1. The molecule has 1 amide bonds. The van der Waals surface area contributed by atoms with Crippen LogP contribution in [0.1, 0.15) is 35.4 Å². The van der Waals surface area contributed by atoms with Crippen molar-refractivity contribution in [2.45, 2.75) is 32.1 Å². The quantitative estimate of drug-likeness (QED) is 0.833. The van der Waals surface area contributed by atoms with Gasteiger partial charge in [0.1, 0.15) is 5.75 Å². The molecule has 2 aromatic rings. The fraction of sp³-hybridized carbons (Fsp3) is 0.316. The summed E-state index contributed by atoms with van der Waals surface area (Å²) in [6.45, 7) is 1.97. The lowest BCUT2D eigenvalue weighted by Gasteiger charge is -2.16. The third-order valence-corrected chi connectivity index (χ3v) is 4.90. The number of carbonyl (C=O) groups excluding carboxylic acids is 1. The van der Waals surface area contributed by atoms with Crippen LogP contribution in [0, 0.1) is 6.92 Å². The van der Waals surface area contributed by atoms with E-state index < -0.39 is 0 Å². The van der Waals surface area contributed by atoms with Gasteiger partial charge in [-0.15, -0.1) is 0 Å². The van der Waals surface area contributed by atoms with Crippen LogP contribution in [0.15, 0.2) is 40.9 Å². The van der Waals surface area contributed by atoms with Crippen LogP contribution in [0.2, 0.25) is 0 Å². The lowest BCUT2D eigenvalue weighted by molar-refractivity contribution is -0.116. The first-order chi connectivity index (χ1) is 11.1. The molecule has 2 aromatic carbocycles. The zero-order valence-electron chi connectivity index (χ0n) is 13.4. The van der Waals surface area contributed by atoms with Gasteiger partial charge in [-0.3, -0.25) is 4.79 Å². The second kappa shape index (κ2) is 6.75. The fourth-order valence-electron chi connectivity index (χ4n) is 3.31. The minimum atomic E-state index is 0.0374. The molecule has 4 heteroatoms. The van der Waals surface area contributed by atoms with Gasteiger partial charge in [-0.05, 0) is 54.5 Å². The predicted octanol–water partition coefficient (Wildman–Crippen LogP) is 4.82. The maximum Gasteiger partial charge on any atom is 0.225 e. The molecule has 0 fully saturated rings. The minimum Gasteiger partial charge on any atom is -0.495 e. The van der Waals surface area contributed by atoms with Gasteiger partial charge in [-0.1, -0.05) is 40.2 Å². The van der Waals surface area contributed by atoms with E-state index in [4.69, 9.17) is 4.74 Å². The molecule has 1 aliphatic rings. The third kappa shape index (κ3) is 3.42. The first-order valence-corrected chi connectivity index (χ1v) is 8.59. The monoisotopic (exact) mass is 373 g/mol. The van der Waals surface area contributed by atoms with Crippen molar-refractivity contribution in [2.75, 3.05) is 12.4 Å². The number of hydrogen-bond acceptors (Lipinski definition) is 2. The Morgan fingerprint density at radius 2 is 2.13 bits per heavy atom. The van der Waals surface area contributed by atoms with Gasteiger partial charge in [-0.2, -0.15) is 0 Å². The topological polar surface area (TPSA) is 38.3 Å². The number of hydrogen-bond donors (Lipinski definition) is 1. The number of rotatable bonds is 4. The van der Waals surface area contributed by atoms with E-state index in [-0.39, 0.29) is 5.91 Å². The van der Waals surface area contributed by atoms with E-state index in [1.165, 1.54) is 11.1 Å². The van der Waals surface area contributed by atoms with E-state index in [9.17, 15) is 4.79 Å². The third-order valence-electron chi connectivity index (χ3n) is 4.44. The number of fused-ring (bicyclic) bond motifs is 1. The van der Waals surface area contributed by atoms with Crippen molar-refractivity contribution in [3.05, 3.63) is 57.6 Å². The molecule has 1 aliphatic carbocycles. The zero-order valence-corrected chi connectivity index (χ0v) is 14.9. The van der Waals surface area contributed by atoms with Crippen LogP contribution in [0.5, 0.6) is 5.75 Å². The molecule has 0 saturated carbocycles. The summed E-state index contributed by atoms with van der Waals surface area (Å²) in [6.07, 6.45) is 2.62. The van der Waals surface area contributed by atoms with Crippen LogP contribution in [-0.4, -0.2) is 13.0 Å². The highest BCUT2D eigenvalue weighted by atomic mass is 79.9. The number of nitrogens with one attached hydrogen (secondary N) is 1. The smallest absolute Gasteiger partial charge is 0.225 e. The highest BCUT2D eigenvalue weighted by Gasteiger charge is 2.24. The number of amides is 1. The number of halogens is 1. The lowest BCUT2D eigenvalue weighted by atomic mass is 9.97. The molecule has 0 aliphatic heterocycles. The second-order valence-corrected chi connectivity index (χ2v) is 6.90. The molecule has 0 saturated heterocycles. The average molecular weight is 374 g/mol. The van der Waals surface area contributed by atoms with E-state index in [0.29, 0.717) is 18.1 Å². The van der Waals surface area contributed by atoms with Gasteiger partial charge in [0.05, 0.1) is 12.8 Å². The first-order valence-electron chi connectivity index (χ1n) is 7.80. The van der Waals surface area contributed by atoms with Crippen molar-refractivity contribution < 1.29 is 9.53 Å². The number of ether oxygens (including phenoxy) is 1. The molecule has 0 spiro atoms. The Bertz CT molecular complexity index is 742. The zero-order chi connectivity index (χ0) is 16.4. The molecule has 1 unspecified atom stereocenters. The highest BCUT2D eigenvalue weighted by molar-refractivity contribution is 9.10.